The van der Waals surface area contributed by atoms with Crippen LogP contribution in [0.3, 0.4) is 0 Å². The molecule has 0 radical (unpaired) electrons. The Hall–Kier alpha value is -1.16. The Morgan fingerprint density at radius 3 is 2.00 bits per heavy atom. The predicted octanol–water partition coefficient (Wildman–Crippen LogP) is 2.28. The fraction of sp³-hybridized carbons (Fsp3) is 0.375. The number of hydrogen-bond donors (Lipinski definition) is 0. The number of hydrogen-bond acceptors (Lipinski definition) is 2. The lowest BCUT2D eigenvalue weighted by atomic mass is 10.1. The molecule has 1 aromatic carbocycles. The van der Waals surface area contributed by atoms with E-state index in [1.807, 2.05) is 13.1 Å². The van der Waals surface area contributed by atoms with E-state index in [0.29, 0.717) is 0 Å². The maximum absolute atomic E-state index is 5.58. The van der Waals surface area contributed by atoms with Crippen LogP contribution in [0.1, 0.15) is 5.56 Å². The number of piperazine rings is 1. The van der Waals surface area contributed by atoms with Gasteiger partial charge in [0.05, 0.1) is 12.1 Å². The van der Waals surface area contributed by atoms with Gasteiger partial charge in [0.2, 0.25) is 0 Å². The fourth-order valence-electron chi connectivity index (χ4n) is 2.35. The lowest BCUT2D eigenvalue weighted by molar-refractivity contribution is 0.0890. The zero-order valence-corrected chi connectivity index (χ0v) is 13.2. The maximum atomic E-state index is 5.58. The van der Waals surface area contributed by atoms with Crippen LogP contribution in [-0.4, -0.2) is 42.0 Å². The molecule has 0 aliphatic carbocycles. The van der Waals surface area contributed by atoms with Crippen molar-refractivity contribution < 1.29 is 0 Å². The Morgan fingerprint density at radius 1 is 1.05 bits per heavy atom. The number of benzene rings is 1. The van der Waals surface area contributed by atoms with Crippen LogP contribution in [0, 0.1) is 24.7 Å². The third kappa shape index (κ3) is 4.44. The van der Waals surface area contributed by atoms with E-state index in [1.165, 1.54) is 5.56 Å². The zero-order chi connectivity index (χ0) is 13.0. The maximum Gasteiger partial charge on any atom is 0.0848 e. The van der Waals surface area contributed by atoms with E-state index >= 15 is 0 Å². The summed E-state index contributed by atoms with van der Waals surface area (Å²) in [6, 6.07) is 10.6. The average molecular weight is 311 g/mol. The molecule has 20 heavy (non-hydrogen) atoms. The van der Waals surface area contributed by atoms with Gasteiger partial charge in [0.1, 0.15) is 0 Å². The molecule has 0 N–H and O–H groups in total. The van der Waals surface area contributed by atoms with Gasteiger partial charge in [0, 0.05) is 19.6 Å². The molecule has 1 saturated heterocycles. The van der Waals surface area contributed by atoms with Gasteiger partial charge in [-0.05, 0) is 12.6 Å². The molecule has 2 rings (SSSR count). The van der Waals surface area contributed by atoms with Crippen LogP contribution >= 0.6 is 24.8 Å². The van der Waals surface area contributed by atoms with Crippen molar-refractivity contribution in [3.05, 3.63) is 35.9 Å². The highest BCUT2D eigenvalue weighted by Gasteiger charge is 2.29. The molecule has 1 heterocycles. The second kappa shape index (κ2) is 8.90. The molecule has 4 heteroatoms. The van der Waals surface area contributed by atoms with E-state index in [0.717, 1.165) is 19.6 Å². The number of terminal acetylenes is 2. The summed E-state index contributed by atoms with van der Waals surface area (Å²) in [5, 5.41) is 0. The Bertz CT molecular complexity index is 451. The minimum Gasteiger partial charge on any atom is -0.294 e. The fourth-order valence-corrected chi connectivity index (χ4v) is 2.35. The molecule has 0 aromatic heterocycles. The van der Waals surface area contributed by atoms with Gasteiger partial charge in [-0.2, -0.15) is 0 Å². The topological polar surface area (TPSA) is 6.48 Å². The highest BCUT2D eigenvalue weighted by atomic mass is 35.5. The van der Waals surface area contributed by atoms with Gasteiger partial charge < -0.3 is 0 Å². The second-order valence-electron chi connectivity index (χ2n) is 4.71. The van der Waals surface area contributed by atoms with Gasteiger partial charge in [0.25, 0.3) is 0 Å². The quantitative estimate of drug-likeness (QED) is 0.773. The van der Waals surface area contributed by atoms with Gasteiger partial charge >= 0.3 is 0 Å². The van der Waals surface area contributed by atoms with Crippen LogP contribution in [0.25, 0.3) is 0 Å². The third-order valence-corrected chi connectivity index (χ3v) is 3.48. The molecule has 0 spiro atoms. The SMILES string of the molecule is C#CC1CN(Cc2ccccc2)CC(C#C)N1C.Cl.Cl. The molecule has 1 aliphatic heterocycles. The van der Waals surface area contributed by atoms with Gasteiger partial charge in [0.15, 0.2) is 0 Å². The van der Waals surface area contributed by atoms with Crippen LogP contribution in [0.4, 0.5) is 0 Å². The number of nitrogens with zero attached hydrogens (tertiary/aromatic N) is 2. The Morgan fingerprint density at radius 2 is 1.55 bits per heavy atom. The summed E-state index contributed by atoms with van der Waals surface area (Å²) in [6.45, 7) is 2.66. The van der Waals surface area contributed by atoms with E-state index in [1.54, 1.807) is 0 Å². The number of likely N-dealkylation sites (N-methyl/N-ethyl adjacent to an activating group) is 1. The van der Waals surface area contributed by atoms with Crippen LogP contribution in [0.15, 0.2) is 30.3 Å². The van der Waals surface area contributed by atoms with Crippen molar-refractivity contribution in [3.63, 3.8) is 0 Å². The van der Waals surface area contributed by atoms with Crippen molar-refractivity contribution in [2.75, 3.05) is 20.1 Å². The van der Waals surface area contributed by atoms with E-state index in [-0.39, 0.29) is 36.9 Å². The highest BCUT2D eigenvalue weighted by Crippen LogP contribution is 2.15. The molecular weight excluding hydrogens is 291 g/mol. The van der Waals surface area contributed by atoms with E-state index in [2.05, 4.69) is 45.9 Å². The molecule has 0 amide bonds. The van der Waals surface area contributed by atoms with Crippen molar-refractivity contribution in [1.29, 1.82) is 0 Å². The Balaban J connectivity index is 0.00000180. The van der Waals surface area contributed by atoms with E-state index in [4.69, 9.17) is 12.8 Å². The molecule has 1 aliphatic rings. The molecule has 108 valence electrons. The number of rotatable bonds is 2. The van der Waals surface area contributed by atoms with Crippen LogP contribution in [-0.2, 0) is 6.54 Å². The summed E-state index contributed by atoms with van der Waals surface area (Å²) in [4.78, 5) is 4.45. The molecule has 0 saturated carbocycles. The standard InChI is InChI=1S/C16H18N2.2ClH/c1-4-15-12-18(13-16(5-2)17(15)3)11-14-9-7-6-8-10-14;;/h1-2,6-10,15-16H,11-13H2,3H3;2*1H. The molecule has 2 unspecified atom stereocenters. The molecule has 2 atom stereocenters. The first-order chi connectivity index (χ1) is 8.74. The van der Waals surface area contributed by atoms with Crippen molar-refractivity contribution in [2.24, 2.45) is 0 Å². The summed E-state index contributed by atoms with van der Waals surface area (Å²) in [6.07, 6.45) is 11.2. The van der Waals surface area contributed by atoms with Gasteiger partial charge in [-0.25, -0.2) is 0 Å². The minimum atomic E-state index is 0. The molecule has 1 aromatic rings. The normalized spacial score (nSPS) is 22.8. The van der Waals surface area contributed by atoms with Gasteiger partial charge in [-0.3, -0.25) is 9.80 Å². The van der Waals surface area contributed by atoms with Crippen molar-refractivity contribution >= 4 is 24.8 Å². The summed E-state index contributed by atoms with van der Waals surface area (Å²) >= 11 is 0. The van der Waals surface area contributed by atoms with Crippen molar-refractivity contribution in [1.82, 2.24) is 9.80 Å². The molecule has 2 nitrogen and oxygen atoms in total. The first-order valence-electron chi connectivity index (χ1n) is 6.15. The number of halogens is 2. The second-order valence-corrected chi connectivity index (χ2v) is 4.71. The molecule has 1 fully saturated rings. The third-order valence-electron chi connectivity index (χ3n) is 3.48. The lowest BCUT2D eigenvalue weighted by Gasteiger charge is -2.41. The van der Waals surface area contributed by atoms with Gasteiger partial charge in [-0.15, -0.1) is 37.7 Å². The smallest absolute Gasteiger partial charge is 0.0848 e. The average Bonchev–Trinajstić information content (AvgIpc) is 2.41. The van der Waals surface area contributed by atoms with Crippen LogP contribution < -0.4 is 0 Å². The largest absolute Gasteiger partial charge is 0.294 e. The Labute approximate surface area is 134 Å². The summed E-state index contributed by atoms with van der Waals surface area (Å²) in [5.41, 5.74) is 1.30. The zero-order valence-electron chi connectivity index (χ0n) is 11.5. The summed E-state index contributed by atoms with van der Waals surface area (Å²) < 4.78 is 0. The van der Waals surface area contributed by atoms with Gasteiger partial charge in [-0.1, -0.05) is 42.2 Å². The monoisotopic (exact) mass is 310 g/mol. The first kappa shape index (κ1) is 18.8. The first-order valence-corrected chi connectivity index (χ1v) is 6.15. The van der Waals surface area contributed by atoms with E-state index < -0.39 is 0 Å². The summed E-state index contributed by atoms with van der Waals surface area (Å²) in [7, 11) is 2.01. The Kier molecular flexibility index (Phi) is 8.39. The minimum absolute atomic E-state index is 0. The lowest BCUT2D eigenvalue weighted by Crippen LogP contribution is -2.55. The highest BCUT2D eigenvalue weighted by molar-refractivity contribution is 5.85. The predicted molar refractivity (Wildman–Crippen MR) is 89.2 cm³/mol. The van der Waals surface area contributed by atoms with Crippen LogP contribution in [0.2, 0.25) is 0 Å². The molecular formula is C16H20Cl2N2. The van der Waals surface area contributed by atoms with Crippen molar-refractivity contribution in [3.8, 4) is 24.7 Å². The van der Waals surface area contributed by atoms with Crippen LogP contribution in [0.5, 0.6) is 0 Å². The molecule has 0 bridgehead atoms. The summed E-state index contributed by atoms with van der Waals surface area (Å²) in [5.74, 6) is 5.64. The van der Waals surface area contributed by atoms with E-state index in [9.17, 15) is 0 Å². The van der Waals surface area contributed by atoms with Crippen molar-refractivity contribution in [2.45, 2.75) is 18.6 Å².